The number of fused-ring (bicyclic) bond motifs is 1. The van der Waals surface area contributed by atoms with Gasteiger partial charge in [-0.3, -0.25) is 0 Å². The van der Waals surface area contributed by atoms with Crippen molar-refractivity contribution >= 4 is 27.8 Å². The fourth-order valence-corrected chi connectivity index (χ4v) is 5.55. The van der Waals surface area contributed by atoms with E-state index >= 15 is 0 Å². The molecule has 0 N–H and O–H groups in total. The van der Waals surface area contributed by atoms with Crippen molar-refractivity contribution in [3.63, 3.8) is 0 Å². The summed E-state index contributed by atoms with van der Waals surface area (Å²) in [6.45, 7) is 0. The Kier molecular flexibility index (Phi) is 6.79. The van der Waals surface area contributed by atoms with Crippen molar-refractivity contribution in [3.8, 4) is 33.4 Å². The Morgan fingerprint density at radius 3 is 1.36 bits per heavy atom. The first-order valence-electron chi connectivity index (χ1n) is 14.1. The minimum absolute atomic E-state index is 0.201. The third kappa shape index (κ3) is 5.07. The summed E-state index contributed by atoms with van der Waals surface area (Å²) in [6.07, 6.45) is 0. The van der Waals surface area contributed by atoms with E-state index in [1.807, 2.05) is 54.6 Å². The minimum atomic E-state index is -0.201. The fourth-order valence-electron chi connectivity index (χ4n) is 5.55. The van der Waals surface area contributed by atoms with E-state index in [1.165, 1.54) is 0 Å². The molecule has 0 aromatic heterocycles. The SMILES string of the molecule is Fc1cc2ccc(-c3ccc(-c4ccc(N(c5ccccc5)c5ccccc5)cc4)cc3)cc2cc1-c1ccccc1. The van der Waals surface area contributed by atoms with Gasteiger partial charge in [-0.15, -0.1) is 0 Å². The summed E-state index contributed by atoms with van der Waals surface area (Å²) >= 11 is 0. The molecule has 0 amide bonds. The first-order valence-corrected chi connectivity index (χ1v) is 14.1. The molecule has 0 radical (unpaired) electrons. The summed E-state index contributed by atoms with van der Waals surface area (Å²) in [5.41, 5.74) is 9.40. The lowest BCUT2D eigenvalue weighted by atomic mass is 9.96. The van der Waals surface area contributed by atoms with Crippen molar-refractivity contribution < 1.29 is 4.39 Å². The van der Waals surface area contributed by atoms with Crippen LogP contribution in [-0.4, -0.2) is 0 Å². The Hall–Kier alpha value is -5.47. The molecule has 0 atom stereocenters. The second-order valence-corrected chi connectivity index (χ2v) is 10.4. The van der Waals surface area contributed by atoms with Crippen LogP contribution >= 0.6 is 0 Å². The second kappa shape index (κ2) is 11.2. The van der Waals surface area contributed by atoms with Crippen molar-refractivity contribution in [2.75, 3.05) is 4.90 Å². The van der Waals surface area contributed by atoms with Crippen LogP contribution in [0.1, 0.15) is 0 Å². The van der Waals surface area contributed by atoms with Crippen LogP contribution in [0.2, 0.25) is 0 Å². The van der Waals surface area contributed by atoms with Crippen molar-refractivity contribution in [1.82, 2.24) is 0 Å². The van der Waals surface area contributed by atoms with Gasteiger partial charge in [0.1, 0.15) is 5.82 Å². The molecule has 0 saturated carbocycles. The van der Waals surface area contributed by atoms with Gasteiger partial charge in [0.15, 0.2) is 0 Å². The lowest BCUT2D eigenvalue weighted by Crippen LogP contribution is -2.09. The molecular formula is C40H28FN. The van der Waals surface area contributed by atoms with Crippen LogP contribution in [0.4, 0.5) is 21.5 Å². The highest BCUT2D eigenvalue weighted by molar-refractivity contribution is 5.91. The van der Waals surface area contributed by atoms with Gasteiger partial charge in [0, 0.05) is 22.6 Å². The molecule has 0 saturated heterocycles. The summed E-state index contributed by atoms with van der Waals surface area (Å²) in [5.74, 6) is -0.201. The van der Waals surface area contributed by atoms with E-state index < -0.39 is 0 Å². The van der Waals surface area contributed by atoms with E-state index in [2.05, 4.69) is 114 Å². The average Bonchev–Trinajstić information content (AvgIpc) is 3.06. The summed E-state index contributed by atoms with van der Waals surface area (Å²) < 4.78 is 14.9. The smallest absolute Gasteiger partial charge is 0.131 e. The highest BCUT2D eigenvalue weighted by Gasteiger charge is 2.12. The molecule has 2 heteroatoms. The number of hydrogen-bond donors (Lipinski definition) is 0. The highest BCUT2D eigenvalue weighted by atomic mass is 19.1. The molecule has 200 valence electrons. The molecule has 7 aromatic rings. The third-order valence-electron chi connectivity index (χ3n) is 7.72. The number of halogens is 1. The van der Waals surface area contributed by atoms with Gasteiger partial charge in [0.25, 0.3) is 0 Å². The van der Waals surface area contributed by atoms with Crippen molar-refractivity contribution in [3.05, 3.63) is 176 Å². The Labute approximate surface area is 245 Å². The second-order valence-electron chi connectivity index (χ2n) is 10.4. The molecule has 0 aliphatic carbocycles. The van der Waals surface area contributed by atoms with Gasteiger partial charge >= 0.3 is 0 Å². The molecule has 0 aliphatic rings. The number of para-hydroxylation sites is 2. The number of anilines is 3. The molecule has 7 rings (SSSR count). The van der Waals surface area contributed by atoms with E-state index in [-0.39, 0.29) is 5.82 Å². The lowest BCUT2D eigenvalue weighted by molar-refractivity contribution is 0.633. The van der Waals surface area contributed by atoms with Gasteiger partial charge < -0.3 is 4.90 Å². The molecule has 0 bridgehead atoms. The van der Waals surface area contributed by atoms with Crippen molar-refractivity contribution in [2.45, 2.75) is 0 Å². The lowest BCUT2D eigenvalue weighted by Gasteiger charge is -2.25. The monoisotopic (exact) mass is 541 g/mol. The topological polar surface area (TPSA) is 3.24 Å². The zero-order valence-corrected chi connectivity index (χ0v) is 23.0. The van der Waals surface area contributed by atoms with Crippen LogP contribution < -0.4 is 4.90 Å². The van der Waals surface area contributed by atoms with E-state index in [9.17, 15) is 4.39 Å². The Balaban J connectivity index is 1.17. The predicted molar refractivity (Wildman–Crippen MR) is 175 cm³/mol. The Morgan fingerprint density at radius 1 is 0.333 bits per heavy atom. The van der Waals surface area contributed by atoms with Gasteiger partial charge in [-0.25, -0.2) is 4.39 Å². The molecule has 0 heterocycles. The largest absolute Gasteiger partial charge is 0.311 e. The Bertz CT molecular complexity index is 1910. The van der Waals surface area contributed by atoms with Gasteiger partial charge in [-0.2, -0.15) is 0 Å². The third-order valence-corrected chi connectivity index (χ3v) is 7.72. The quantitative estimate of drug-likeness (QED) is 0.202. The van der Waals surface area contributed by atoms with Crippen LogP contribution in [0.3, 0.4) is 0 Å². The van der Waals surface area contributed by atoms with E-state index in [0.29, 0.717) is 5.56 Å². The van der Waals surface area contributed by atoms with Crippen LogP contribution in [0.15, 0.2) is 170 Å². The summed E-state index contributed by atoms with van der Waals surface area (Å²) in [6, 6.07) is 57.7. The first-order chi connectivity index (χ1) is 20.7. The Morgan fingerprint density at radius 2 is 0.786 bits per heavy atom. The van der Waals surface area contributed by atoms with Gasteiger partial charge in [-0.1, -0.05) is 115 Å². The minimum Gasteiger partial charge on any atom is -0.311 e. The highest BCUT2D eigenvalue weighted by Crippen LogP contribution is 2.36. The maximum Gasteiger partial charge on any atom is 0.131 e. The zero-order valence-electron chi connectivity index (χ0n) is 23.0. The number of nitrogens with zero attached hydrogens (tertiary/aromatic N) is 1. The van der Waals surface area contributed by atoms with Crippen LogP contribution in [-0.2, 0) is 0 Å². The molecular weight excluding hydrogens is 513 g/mol. The maximum atomic E-state index is 14.9. The molecule has 0 unspecified atom stereocenters. The fraction of sp³-hybridized carbons (Fsp3) is 0. The van der Waals surface area contributed by atoms with Crippen LogP contribution in [0.5, 0.6) is 0 Å². The molecule has 7 aromatic carbocycles. The number of hydrogen-bond acceptors (Lipinski definition) is 1. The molecule has 1 nitrogen and oxygen atoms in total. The maximum absolute atomic E-state index is 14.9. The number of rotatable bonds is 6. The van der Waals surface area contributed by atoms with Crippen molar-refractivity contribution in [1.29, 1.82) is 0 Å². The van der Waals surface area contributed by atoms with Crippen LogP contribution in [0, 0.1) is 5.82 Å². The zero-order chi connectivity index (χ0) is 28.3. The summed E-state index contributed by atoms with van der Waals surface area (Å²) in [5, 5.41) is 1.92. The van der Waals surface area contributed by atoms with Gasteiger partial charge in [-0.05, 0) is 93.2 Å². The van der Waals surface area contributed by atoms with Gasteiger partial charge in [0.05, 0.1) is 0 Å². The van der Waals surface area contributed by atoms with E-state index in [1.54, 1.807) is 6.07 Å². The van der Waals surface area contributed by atoms with Crippen molar-refractivity contribution in [2.24, 2.45) is 0 Å². The predicted octanol–water partition coefficient (Wildman–Crippen LogP) is 11.4. The van der Waals surface area contributed by atoms with Gasteiger partial charge in [0.2, 0.25) is 0 Å². The molecule has 0 fully saturated rings. The molecule has 42 heavy (non-hydrogen) atoms. The van der Waals surface area contributed by atoms with E-state index in [0.717, 1.165) is 55.7 Å². The number of benzene rings is 7. The summed E-state index contributed by atoms with van der Waals surface area (Å²) in [4.78, 5) is 2.27. The van der Waals surface area contributed by atoms with E-state index in [4.69, 9.17) is 0 Å². The molecule has 0 aliphatic heterocycles. The summed E-state index contributed by atoms with van der Waals surface area (Å²) in [7, 11) is 0. The molecule has 0 spiro atoms. The average molecular weight is 542 g/mol. The van der Waals surface area contributed by atoms with Crippen LogP contribution in [0.25, 0.3) is 44.2 Å². The standard InChI is InChI=1S/C40H28FN/c41-40-28-34-21-20-33(26-35(34)27-39(40)32-10-4-1-5-11-32)31-18-16-29(17-19-31)30-22-24-38(25-23-30)42(36-12-6-2-7-13-36)37-14-8-3-9-15-37/h1-28H. The first kappa shape index (κ1) is 25.5. The normalized spacial score (nSPS) is 11.0.